The summed E-state index contributed by atoms with van der Waals surface area (Å²) in [4.78, 5) is 23.9. The maximum absolute atomic E-state index is 12.7. The van der Waals surface area contributed by atoms with Gasteiger partial charge in [-0.05, 0) is 69.2 Å². The predicted octanol–water partition coefficient (Wildman–Crippen LogP) is 4.63. The summed E-state index contributed by atoms with van der Waals surface area (Å²) < 4.78 is 2.00. The highest BCUT2D eigenvalue weighted by Gasteiger charge is 2.20. The third-order valence-electron chi connectivity index (χ3n) is 5.13. The van der Waals surface area contributed by atoms with E-state index in [0.717, 1.165) is 27.7 Å². The normalized spacial score (nSPS) is 12.3. The predicted molar refractivity (Wildman–Crippen MR) is 122 cm³/mol. The molecule has 0 aliphatic heterocycles. The number of amides is 1. The fourth-order valence-corrected chi connectivity index (χ4v) is 4.54. The summed E-state index contributed by atoms with van der Waals surface area (Å²) in [5.74, 6) is -1.28. The van der Waals surface area contributed by atoms with Crippen molar-refractivity contribution >= 4 is 45.9 Å². The first-order valence-electron chi connectivity index (χ1n) is 9.81. The average molecular weight is 435 g/mol. The number of carboxylic acid groups (broad SMARTS) is 1. The van der Waals surface area contributed by atoms with E-state index in [-0.39, 0.29) is 11.5 Å². The highest BCUT2D eigenvalue weighted by atomic mass is 32.2. The number of carbonyl (C=O) groups excluding carboxylic acids is 1. The maximum atomic E-state index is 12.7. The van der Waals surface area contributed by atoms with Gasteiger partial charge in [0.2, 0.25) is 5.91 Å². The zero-order valence-corrected chi connectivity index (χ0v) is 18.4. The van der Waals surface area contributed by atoms with Crippen molar-refractivity contribution in [3.63, 3.8) is 0 Å². The lowest BCUT2D eigenvalue weighted by Gasteiger charge is -2.14. The summed E-state index contributed by atoms with van der Waals surface area (Å²) in [5.41, 5.74) is 5.77. The minimum Gasteiger partial charge on any atom is -0.478 e. The van der Waals surface area contributed by atoms with Crippen LogP contribution in [-0.2, 0) is 4.79 Å². The number of aromatic nitrogens is 3. The Hall–Kier alpha value is -3.39. The number of nitrogens with zero attached hydrogens (tertiary/aromatic N) is 3. The summed E-state index contributed by atoms with van der Waals surface area (Å²) in [6.07, 6.45) is 0. The third-order valence-corrected chi connectivity index (χ3v) is 6.17. The third kappa shape index (κ3) is 3.98. The van der Waals surface area contributed by atoms with Gasteiger partial charge in [0.05, 0.1) is 16.3 Å². The number of nitrogens with one attached hydrogen (secondary N) is 1. The molecule has 7 nitrogen and oxygen atoms in total. The molecule has 2 heterocycles. The molecule has 1 atom stereocenters. The van der Waals surface area contributed by atoms with Gasteiger partial charge in [-0.2, -0.15) is 0 Å². The average Bonchev–Trinajstić information content (AvgIpc) is 3.10. The second-order valence-corrected chi connectivity index (χ2v) is 8.92. The number of hydrogen-bond acceptors (Lipinski definition) is 5. The van der Waals surface area contributed by atoms with Crippen molar-refractivity contribution in [1.82, 2.24) is 14.6 Å². The molecule has 2 aromatic carbocycles. The van der Waals surface area contributed by atoms with Crippen LogP contribution >= 0.6 is 11.8 Å². The molecule has 0 fully saturated rings. The second-order valence-electron chi connectivity index (χ2n) is 7.62. The molecule has 0 spiro atoms. The summed E-state index contributed by atoms with van der Waals surface area (Å²) >= 11 is 1.31. The van der Waals surface area contributed by atoms with Gasteiger partial charge in [0.25, 0.3) is 0 Å². The number of fused-ring (bicyclic) bond motifs is 3. The van der Waals surface area contributed by atoms with Gasteiger partial charge in [0.15, 0.2) is 10.8 Å². The Kier molecular flexibility index (Phi) is 5.41. The first-order chi connectivity index (χ1) is 14.7. The van der Waals surface area contributed by atoms with Gasteiger partial charge in [-0.3, -0.25) is 9.20 Å². The number of carbonyl (C=O) groups is 2. The Morgan fingerprint density at radius 3 is 2.58 bits per heavy atom. The van der Waals surface area contributed by atoms with Crippen LogP contribution in [0.15, 0.2) is 47.6 Å². The van der Waals surface area contributed by atoms with Crippen LogP contribution in [-0.4, -0.2) is 36.8 Å². The van der Waals surface area contributed by atoms with Crippen molar-refractivity contribution in [3.05, 3.63) is 64.7 Å². The molecule has 4 aromatic rings. The Balaban J connectivity index is 1.65. The van der Waals surface area contributed by atoms with Crippen LogP contribution in [0.4, 0.5) is 5.69 Å². The van der Waals surface area contributed by atoms with E-state index in [2.05, 4.69) is 48.4 Å². The van der Waals surface area contributed by atoms with Crippen molar-refractivity contribution in [2.75, 3.05) is 5.32 Å². The fourth-order valence-electron chi connectivity index (χ4n) is 3.68. The molecule has 2 N–H and O–H groups in total. The second kappa shape index (κ2) is 8.03. The number of hydrogen-bond donors (Lipinski definition) is 2. The molecule has 0 aliphatic rings. The van der Waals surface area contributed by atoms with Gasteiger partial charge >= 0.3 is 5.97 Å². The van der Waals surface area contributed by atoms with E-state index in [1.807, 2.05) is 10.5 Å². The lowest BCUT2D eigenvalue weighted by Crippen LogP contribution is -2.22. The van der Waals surface area contributed by atoms with Gasteiger partial charge in [0.1, 0.15) is 0 Å². The molecule has 4 rings (SSSR count). The molecule has 0 radical (unpaired) electrons. The van der Waals surface area contributed by atoms with Crippen LogP contribution in [0.5, 0.6) is 0 Å². The molecule has 158 valence electrons. The first-order valence-corrected chi connectivity index (χ1v) is 10.7. The summed E-state index contributed by atoms with van der Waals surface area (Å²) in [5, 5.41) is 21.9. The first kappa shape index (κ1) is 20.9. The molecule has 1 amide bonds. The van der Waals surface area contributed by atoms with Crippen molar-refractivity contribution < 1.29 is 14.7 Å². The Labute approximate surface area is 183 Å². The van der Waals surface area contributed by atoms with E-state index in [9.17, 15) is 9.59 Å². The number of pyridine rings is 1. The lowest BCUT2D eigenvalue weighted by molar-refractivity contribution is -0.115. The topological polar surface area (TPSA) is 96.6 Å². The summed E-state index contributed by atoms with van der Waals surface area (Å²) in [6.45, 7) is 7.98. The van der Waals surface area contributed by atoms with Crippen LogP contribution in [0.2, 0.25) is 0 Å². The molecule has 31 heavy (non-hydrogen) atoms. The number of benzene rings is 2. The van der Waals surface area contributed by atoms with E-state index in [1.54, 1.807) is 19.1 Å². The van der Waals surface area contributed by atoms with Gasteiger partial charge in [-0.25, -0.2) is 4.79 Å². The maximum Gasteiger partial charge on any atom is 0.335 e. The van der Waals surface area contributed by atoms with E-state index < -0.39 is 11.2 Å². The fraction of sp³-hybridized carbons (Fsp3) is 0.217. The number of carboxylic acids is 1. The number of thioether (sulfide) groups is 1. The van der Waals surface area contributed by atoms with Crippen LogP contribution < -0.4 is 5.32 Å². The highest BCUT2D eigenvalue weighted by molar-refractivity contribution is 8.00. The Morgan fingerprint density at radius 1 is 1.06 bits per heavy atom. The number of anilines is 1. The monoisotopic (exact) mass is 434 g/mol. The minimum atomic E-state index is -1.04. The van der Waals surface area contributed by atoms with Crippen molar-refractivity contribution in [2.45, 2.75) is 38.1 Å². The molecular formula is C23H22N4O3S. The van der Waals surface area contributed by atoms with Gasteiger partial charge in [-0.1, -0.05) is 29.5 Å². The smallest absolute Gasteiger partial charge is 0.335 e. The van der Waals surface area contributed by atoms with E-state index >= 15 is 0 Å². The Morgan fingerprint density at radius 2 is 1.84 bits per heavy atom. The summed E-state index contributed by atoms with van der Waals surface area (Å²) in [7, 11) is 0. The van der Waals surface area contributed by atoms with Crippen molar-refractivity contribution in [3.8, 4) is 0 Å². The summed E-state index contributed by atoms with van der Waals surface area (Å²) in [6, 6.07) is 12.5. The molecule has 0 saturated carbocycles. The number of aryl methyl sites for hydroxylation is 3. The zero-order valence-electron chi connectivity index (χ0n) is 17.6. The van der Waals surface area contributed by atoms with Crippen molar-refractivity contribution in [2.24, 2.45) is 0 Å². The van der Waals surface area contributed by atoms with E-state index in [0.29, 0.717) is 10.8 Å². The van der Waals surface area contributed by atoms with Crippen LogP contribution in [0, 0.1) is 20.8 Å². The Bertz CT molecular complexity index is 1350. The van der Waals surface area contributed by atoms with E-state index in [4.69, 9.17) is 5.11 Å². The highest BCUT2D eigenvalue weighted by Crippen LogP contribution is 2.30. The number of aromatic carboxylic acids is 1. The molecule has 0 saturated heterocycles. The molecular weight excluding hydrogens is 412 g/mol. The standard InChI is InChI=1S/C23H22N4O3S/c1-12-8-14(3)20-18(9-12)13(2)10-19-25-26-23(27(19)20)31-15(4)21(28)24-17-7-5-6-16(11-17)22(29)30/h5-11,15H,1-4H3,(H,24,28)(H,29,30). The molecule has 2 aromatic heterocycles. The zero-order chi connectivity index (χ0) is 22.3. The lowest BCUT2D eigenvalue weighted by atomic mass is 10.0. The SMILES string of the molecule is Cc1cc(C)c2c(c1)c(C)cc1nnc(SC(C)C(=O)Nc3cccc(C(=O)O)c3)n12. The van der Waals surface area contributed by atoms with Crippen LogP contribution in [0.3, 0.4) is 0 Å². The molecule has 0 bridgehead atoms. The largest absolute Gasteiger partial charge is 0.478 e. The molecule has 0 aliphatic carbocycles. The van der Waals surface area contributed by atoms with Gasteiger partial charge < -0.3 is 10.4 Å². The van der Waals surface area contributed by atoms with Crippen LogP contribution in [0.1, 0.15) is 34.0 Å². The van der Waals surface area contributed by atoms with E-state index in [1.165, 1.54) is 29.5 Å². The van der Waals surface area contributed by atoms with Crippen LogP contribution in [0.25, 0.3) is 16.6 Å². The quantitative estimate of drug-likeness (QED) is 0.445. The molecule has 8 heteroatoms. The van der Waals surface area contributed by atoms with Gasteiger partial charge in [-0.15, -0.1) is 10.2 Å². The van der Waals surface area contributed by atoms with Crippen molar-refractivity contribution in [1.29, 1.82) is 0 Å². The minimum absolute atomic E-state index is 0.120. The molecule has 1 unspecified atom stereocenters. The van der Waals surface area contributed by atoms with Gasteiger partial charge in [0, 0.05) is 11.1 Å². The number of rotatable bonds is 5.